The van der Waals surface area contributed by atoms with Crippen LogP contribution in [0.25, 0.3) is 0 Å². The molecule has 0 fully saturated rings. The molecule has 1 aromatic rings. The molecular formula is C14H19FN2O3. The van der Waals surface area contributed by atoms with Crippen molar-refractivity contribution in [1.82, 2.24) is 10.6 Å². The minimum absolute atomic E-state index is 0.0866. The highest BCUT2D eigenvalue weighted by Gasteiger charge is 2.20. The van der Waals surface area contributed by atoms with Gasteiger partial charge in [-0.3, -0.25) is 4.79 Å². The van der Waals surface area contributed by atoms with E-state index in [1.807, 2.05) is 6.92 Å². The zero-order valence-electron chi connectivity index (χ0n) is 11.8. The number of amides is 1. The molecule has 0 aliphatic rings. The van der Waals surface area contributed by atoms with E-state index in [2.05, 4.69) is 15.4 Å². The molecule has 5 nitrogen and oxygen atoms in total. The normalized spacial score (nSPS) is 13.4. The largest absolute Gasteiger partial charge is 0.467 e. The van der Waals surface area contributed by atoms with Crippen LogP contribution in [0.15, 0.2) is 24.3 Å². The summed E-state index contributed by atoms with van der Waals surface area (Å²) in [6, 6.07) is 5.24. The molecular weight excluding hydrogens is 263 g/mol. The van der Waals surface area contributed by atoms with Crippen LogP contribution >= 0.6 is 0 Å². The number of hydrogen-bond acceptors (Lipinski definition) is 4. The first-order chi connectivity index (χ1) is 9.43. The van der Waals surface area contributed by atoms with Gasteiger partial charge >= 0.3 is 5.97 Å². The Morgan fingerprint density at radius 1 is 1.30 bits per heavy atom. The zero-order valence-corrected chi connectivity index (χ0v) is 11.8. The third kappa shape index (κ3) is 4.97. The fraction of sp³-hybridized carbons (Fsp3) is 0.429. The number of esters is 1. The number of benzene rings is 1. The van der Waals surface area contributed by atoms with E-state index in [9.17, 15) is 14.0 Å². The van der Waals surface area contributed by atoms with Crippen LogP contribution in [0.3, 0.4) is 0 Å². The lowest BCUT2D eigenvalue weighted by atomic mass is 10.1. The van der Waals surface area contributed by atoms with Crippen LogP contribution < -0.4 is 10.6 Å². The minimum atomic E-state index is -0.750. The zero-order chi connectivity index (χ0) is 15.1. The summed E-state index contributed by atoms with van der Waals surface area (Å²) in [5, 5.41) is 5.61. The van der Waals surface area contributed by atoms with Crippen LogP contribution in [0, 0.1) is 5.82 Å². The molecule has 20 heavy (non-hydrogen) atoms. The van der Waals surface area contributed by atoms with E-state index in [4.69, 9.17) is 0 Å². The van der Waals surface area contributed by atoms with Crippen molar-refractivity contribution in [3.8, 4) is 0 Å². The Hall–Kier alpha value is -1.95. The molecule has 1 aromatic carbocycles. The van der Waals surface area contributed by atoms with Gasteiger partial charge in [0.2, 0.25) is 5.91 Å². The Bertz CT molecular complexity index is 462. The van der Waals surface area contributed by atoms with Crippen LogP contribution in [0.5, 0.6) is 0 Å². The number of carbonyl (C=O) groups excluding carboxylic acids is 2. The first kappa shape index (κ1) is 16.1. The third-order valence-electron chi connectivity index (χ3n) is 2.86. The lowest BCUT2D eigenvalue weighted by Gasteiger charge is -2.20. The molecule has 0 spiro atoms. The number of carbonyl (C=O) groups is 2. The highest BCUT2D eigenvalue weighted by molar-refractivity contribution is 5.83. The van der Waals surface area contributed by atoms with Crippen molar-refractivity contribution in [3.63, 3.8) is 0 Å². The average molecular weight is 282 g/mol. The molecule has 6 heteroatoms. The maximum Gasteiger partial charge on any atom is 0.329 e. The molecule has 2 N–H and O–H groups in total. The van der Waals surface area contributed by atoms with Gasteiger partial charge in [0.05, 0.1) is 7.11 Å². The van der Waals surface area contributed by atoms with Crippen molar-refractivity contribution in [2.75, 3.05) is 13.7 Å². The first-order valence-electron chi connectivity index (χ1n) is 6.27. The third-order valence-corrected chi connectivity index (χ3v) is 2.86. The smallest absolute Gasteiger partial charge is 0.329 e. The molecule has 110 valence electrons. The van der Waals surface area contributed by atoms with Crippen LogP contribution in [0.2, 0.25) is 0 Å². The number of nitrogens with one attached hydrogen (secondary N) is 2. The fourth-order valence-electron chi connectivity index (χ4n) is 1.74. The second-order valence-corrected chi connectivity index (χ2v) is 4.46. The van der Waals surface area contributed by atoms with E-state index in [1.54, 1.807) is 12.1 Å². The molecule has 1 unspecified atom stereocenters. The number of hydrogen-bond donors (Lipinski definition) is 2. The number of rotatable bonds is 6. The predicted molar refractivity (Wildman–Crippen MR) is 72.4 cm³/mol. The van der Waals surface area contributed by atoms with Crippen molar-refractivity contribution in [2.24, 2.45) is 0 Å². The number of ether oxygens (including phenoxy) is 1. The van der Waals surface area contributed by atoms with E-state index in [0.717, 1.165) is 5.56 Å². The van der Waals surface area contributed by atoms with E-state index in [1.165, 1.54) is 26.2 Å². The van der Waals surface area contributed by atoms with Crippen molar-refractivity contribution in [1.29, 1.82) is 0 Å². The summed E-state index contributed by atoms with van der Waals surface area (Å²) >= 11 is 0. The lowest BCUT2D eigenvalue weighted by Crippen LogP contribution is -2.47. The Labute approximate surface area is 117 Å². The molecule has 1 rings (SSSR count). The van der Waals surface area contributed by atoms with Gasteiger partial charge < -0.3 is 15.4 Å². The second-order valence-electron chi connectivity index (χ2n) is 4.46. The molecule has 1 amide bonds. The van der Waals surface area contributed by atoms with E-state index in [-0.39, 0.29) is 24.3 Å². The maximum absolute atomic E-state index is 12.8. The van der Waals surface area contributed by atoms with Gasteiger partial charge in [-0.05, 0) is 24.6 Å². The second kappa shape index (κ2) is 7.59. The molecule has 0 radical (unpaired) electrons. The molecule has 2 atom stereocenters. The van der Waals surface area contributed by atoms with Crippen molar-refractivity contribution >= 4 is 11.9 Å². The Balaban J connectivity index is 2.59. The van der Waals surface area contributed by atoms with E-state index in [0.29, 0.717) is 0 Å². The molecule has 0 aliphatic carbocycles. The summed E-state index contributed by atoms with van der Waals surface area (Å²) in [7, 11) is 1.26. The summed E-state index contributed by atoms with van der Waals surface area (Å²) in [5.41, 5.74) is 0.887. The van der Waals surface area contributed by atoms with Gasteiger partial charge in [0.25, 0.3) is 0 Å². The summed E-state index contributed by atoms with van der Waals surface area (Å²) in [6.45, 7) is 3.44. The van der Waals surface area contributed by atoms with Crippen molar-refractivity contribution in [3.05, 3.63) is 35.6 Å². The van der Waals surface area contributed by atoms with Crippen LogP contribution in [0.1, 0.15) is 25.5 Å². The highest BCUT2D eigenvalue weighted by atomic mass is 19.1. The minimum Gasteiger partial charge on any atom is -0.467 e. The standard InChI is InChI=1S/C14H19FN2O3/c1-9(11-4-6-12(15)7-5-11)16-8-13(14(19)20-3)17-10(2)18/h4-7,9,13,16H,8H2,1-3H3,(H,17,18)/t9-,13?/m1/s1. The predicted octanol–water partition coefficient (Wildman–Crippen LogP) is 1.15. The summed E-state index contributed by atoms with van der Waals surface area (Å²) < 4.78 is 17.5. The summed E-state index contributed by atoms with van der Waals surface area (Å²) in [6.07, 6.45) is 0. The number of methoxy groups -OCH3 is 1. The summed E-state index contributed by atoms with van der Waals surface area (Å²) in [5.74, 6) is -1.12. The van der Waals surface area contributed by atoms with Crippen LogP contribution in [-0.4, -0.2) is 31.6 Å². The van der Waals surface area contributed by atoms with Gasteiger partial charge in [0.1, 0.15) is 11.9 Å². The van der Waals surface area contributed by atoms with Gasteiger partial charge in [-0.2, -0.15) is 0 Å². The monoisotopic (exact) mass is 282 g/mol. The molecule has 0 aliphatic heterocycles. The molecule has 0 heterocycles. The molecule has 0 bridgehead atoms. The average Bonchev–Trinajstić information content (AvgIpc) is 2.42. The highest BCUT2D eigenvalue weighted by Crippen LogP contribution is 2.12. The summed E-state index contributed by atoms with van der Waals surface area (Å²) in [4.78, 5) is 22.6. The first-order valence-corrected chi connectivity index (χ1v) is 6.27. The topological polar surface area (TPSA) is 67.4 Å². The lowest BCUT2D eigenvalue weighted by molar-refractivity contribution is -0.144. The van der Waals surface area contributed by atoms with Crippen LogP contribution in [0.4, 0.5) is 4.39 Å². The van der Waals surface area contributed by atoms with Gasteiger partial charge in [-0.15, -0.1) is 0 Å². The molecule has 0 saturated heterocycles. The van der Waals surface area contributed by atoms with Gasteiger partial charge in [0, 0.05) is 19.5 Å². The van der Waals surface area contributed by atoms with Crippen molar-refractivity contribution in [2.45, 2.75) is 25.9 Å². The Morgan fingerprint density at radius 2 is 1.90 bits per heavy atom. The van der Waals surface area contributed by atoms with Gasteiger partial charge in [-0.1, -0.05) is 12.1 Å². The Kier molecular flexibility index (Phi) is 6.11. The van der Waals surface area contributed by atoms with Crippen LogP contribution in [-0.2, 0) is 14.3 Å². The van der Waals surface area contributed by atoms with E-state index >= 15 is 0 Å². The quantitative estimate of drug-likeness (QED) is 0.768. The van der Waals surface area contributed by atoms with E-state index < -0.39 is 12.0 Å². The Morgan fingerprint density at radius 3 is 2.40 bits per heavy atom. The number of halogens is 1. The van der Waals surface area contributed by atoms with Gasteiger partial charge in [-0.25, -0.2) is 9.18 Å². The SMILES string of the molecule is COC(=O)C(CN[C@H](C)c1ccc(F)cc1)NC(C)=O. The maximum atomic E-state index is 12.8. The molecule has 0 aromatic heterocycles. The van der Waals surface area contributed by atoms with Crippen molar-refractivity contribution < 1.29 is 18.7 Å². The molecule has 0 saturated carbocycles. The van der Waals surface area contributed by atoms with Gasteiger partial charge in [0.15, 0.2) is 0 Å². The fourth-order valence-corrected chi connectivity index (χ4v) is 1.74.